The monoisotopic (exact) mass is 324 g/mol. The van der Waals surface area contributed by atoms with Gasteiger partial charge in [0.15, 0.2) is 0 Å². The van der Waals surface area contributed by atoms with Crippen molar-refractivity contribution in [3.05, 3.63) is 28.8 Å². The zero-order valence-corrected chi connectivity index (χ0v) is 13.1. The number of hydrogen-bond donors (Lipinski definition) is 1. The molecule has 2 rings (SSSR count). The molecule has 0 aromatic heterocycles. The lowest BCUT2D eigenvalue weighted by Crippen LogP contribution is -2.39. The van der Waals surface area contributed by atoms with Crippen LogP contribution < -0.4 is 5.73 Å². The van der Waals surface area contributed by atoms with Gasteiger partial charge in [-0.2, -0.15) is 4.31 Å². The topological polar surface area (TPSA) is 63.4 Å². The van der Waals surface area contributed by atoms with Crippen LogP contribution in [0.1, 0.15) is 18.4 Å². The minimum atomic E-state index is -3.47. The summed E-state index contributed by atoms with van der Waals surface area (Å²) in [6, 6.07) is 4.75. The molecule has 0 amide bonds. The fourth-order valence-corrected chi connectivity index (χ4v) is 4.21. The fraction of sp³-hybridized carbons (Fsp3) is 0.500. The molecule has 1 aromatic rings. The first kappa shape index (κ1) is 16.7. The van der Waals surface area contributed by atoms with Crippen LogP contribution in [0.15, 0.2) is 23.1 Å². The molecule has 1 atom stereocenters. The van der Waals surface area contributed by atoms with Crippen LogP contribution in [-0.4, -0.2) is 31.9 Å². The Hall–Kier alpha value is -0.330. The molecule has 4 nitrogen and oxygen atoms in total. The van der Waals surface area contributed by atoms with Crippen LogP contribution in [0.3, 0.4) is 0 Å². The average molecular weight is 325 g/mol. The first-order valence-corrected chi connectivity index (χ1v) is 7.76. The van der Waals surface area contributed by atoms with E-state index in [1.165, 1.54) is 10.4 Å². The summed E-state index contributed by atoms with van der Waals surface area (Å²) in [5.41, 5.74) is 6.49. The Morgan fingerprint density at radius 3 is 2.74 bits per heavy atom. The van der Waals surface area contributed by atoms with Crippen molar-refractivity contribution in [1.29, 1.82) is 0 Å². The number of nitrogens with zero attached hydrogens (tertiary/aromatic N) is 1. The third-order valence-corrected chi connectivity index (χ3v) is 5.70. The molecule has 0 radical (unpaired) electrons. The van der Waals surface area contributed by atoms with E-state index in [0.717, 1.165) is 18.4 Å². The van der Waals surface area contributed by atoms with Gasteiger partial charge < -0.3 is 5.73 Å². The van der Waals surface area contributed by atoms with Crippen LogP contribution in [0, 0.1) is 6.92 Å². The van der Waals surface area contributed by atoms with Gasteiger partial charge in [-0.15, -0.1) is 12.4 Å². The largest absolute Gasteiger partial charge is 0.329 e. The molecule has 19 heavy (non-hydrogen) atoms. The standard InChI is InChI=1S/C12H17ClN2O2S.ClH/c1-9-4-5-11(7-12(9)13)18(16,17)15-6-2-3-10(15)8-14;/h4-5,7,10H,2-3,6,8,14H2,1H3;1H. The Labute approximate surface area is 125 Å². The van der Waals surface area contributed by atoms with E-state index in [1.807, 2.05) is 6.92 Å². The second-order valence-electron chi connectivity index (χ2n) is 4.56. The Morgan fingerprint density at radius 2 is 2.16 bits per heavy atom. The highest BCUT2D eigenvalue weighted by atomic mass is 35.5. The van der Waals surface area contributed by atoms with Gasteiger partial charge in [-0.3, -0.25) is 0 Å². The van der Waals surface area contributed by atoms with Crippen molar-refractivity contribution in [2.75, 3.05) is 13.1 Å². The molecule has 1 unspecified atom stereocenters. The molecular weight excluding hydrogens is 307 g/mol. The van der Waals surface area contributed by atoms with Crippen molar-refractivity contribution in [3.63, 3.8) is 0 Å². The predicted molar refractivity (Wildman–Crippen MR) is 79.4 cm³/mol. The van der Waals surface area contributed by atoms with Crippen LogP contribution in [0.25, 0.3) is 0 Å². The van der Waals surface area contributed by atoms with Gasteiger partial charge in [0, 0.05) is 24.2 Å². The molecule has 1 aromatic carbocycles. The smallest absolute Gasteiger partial charge is 0.243 e. The summed E-state index contributed by atoms with van der Waals surface area (Å²) in [5, 5.41) is 0.472. The molecule has 1 aliphatic rings. The van der Waals surface area contributed by atoms with Gasteiger partial charge in [-0.1, -0.05) is 17.7 Å². The fourth-order valence-electron chi connectivity index (χ4n) is 2.23. The van der Waals surface area contributed by atoms with E-state index in [0.29, 0.717) is 18.1 Å². The third kappa shape index (κ3) is 3.23. The maximum Gasteiger partial charge on any atom is 0.243 e. The van der Waals surface area contributed by atoms with Crippen molar-refractivity contribution in [2.45, 2.75) is 30.7 Å². The van der Waals surface area contributed by atoms with Gasteiger partial charge in [0.1, 0.15) is 0 Å². The zero-order chi connectivity index (χ0) is 13.3. The summed E-state index contributed by atoms with van der Waals surface area (Å²) in [6.45, 7) is 2.74. The average Bonchev–Trinajstić information content (AvgIpc) is 2.81. The number of sulfonamides is 1. The van der Waals surface area contributed by atoms with Gasteiger partial charge in [0.05, 0.1) is 4.90 Å². The number of benzene rings is 1. The lowest BCUT2D eigenvalue weighted by molar-refractivity contribution is 0.393. The molecule has 1 saturated heterocycles. The molecule has 1 aliphatic heterocycles. The SMILES string of the molecule is Cc1ccc(S(=O)(=O)N2CCCC2CN)cc1Cl.Cl. The van der Waals surface area contributed by atoms with Crippen molar-refractivity contribution in [2.24, 2.45) is 5.73 Å². The molecule has 0 saturated carbocycles. The van der Waals surface area contributed by atoms with Gasteiger partial charge in [0.2, 0.25) is 10.0 Å². The van der Waals surface area contributed by atoms with E-state index in [1.54, 1.807) is 12.1 Å². The predicted octanol–water partition coefficient (Wildman–Crippen LogP) is 2.18. The lowest BCUT2D eigenvalue weighted by Gasteiger charge is -2.23. The van der Waals surface area contributed by atoms with Gasteiger partial charge in [0.25, 0.3) is 0 Å². The summed E-state index contributed by atoms with van der Waals surface area (Å²) >= 11 is 5.99. The molecule has 0 bridgehead atoms. The highest BCUT2D eigenvalue weighted by molar-refractivity contribution is 7.89. The summed E-state index contributed by atoms with van der Waals surface area (Å²) in [6.07, 6.45) is 1.69. The van der Waals surface area contributed by atoms with Crippen LogP contribution in [0.4, 0.5) is 0 Å². The normalized spacial score (nSPS) is 20.3. The van der Waals surface area contributed by atoms with Crippen molar-refractivity contribution in [3.8, 4) is 0 Å². The quantitative estimate of drug-likeness (QED) is 0.926. The molecule has 2 N–H and O–H groups in total. The maximum absolute atomic E-state index is 12.5. The second kappa shape index (κ2) is 6.41. The molecule has 0 spiro atoms. The third-order valence-electron chi connectivity index (χ3n) is 3.35. The van der Waals surface area contributed by atoms with E-state index in [2.05, 4.69) is 0 Å². The summed E-state index contributed by atoms with van der Waals surface area (Å²) in [4.78, 5) is 0.249. The first-order chi connectivity index (χ1) is 8.46. The minimum Gasteiger partial charge on any atom is -0.329 e. The number of hydrogen-bond acceptors (Lipinski definition) is 3. The maximum atomic E-state index is 12.5. The zero-order valence-electron chi connectivity index (χ0n) is 10.7. The Balaban J connectivity index is 0.00000180. The molecule has 0 aliphatic carbocycles. The second-order valence-corrected chi connectivity index (χ2v) is 6.86. The molecule has 108 valence electrons. The van der Waals surface area contributed by atoms with Crippen molar-refractivity contribution >= 4 is 34.0 Å². The Morgan fingerprint density at radius 1 is 1.47 bits per heavy atom. The van der Waals surface area contributed by atoms with Crippen LogP contribution >= 0.6 is 24.0 Å². The molecule has 1 fully saturated rings. The van der Waals surface area contributed by atoms with Crippen molar-refractivity contribution in [1.82, 2.24) is 4.31 Å². The van der Waals surface area contributed by atoms with Gasteiger partial charge >= 0.3 is 0 Å². The minimum absolute atomic E-state index is 0. The van der Waals surface area contributed by atoms with Gasteiger partial charge in [-0.05, 0) is 37.5 Å². The number of aryl methyl sites for hydroxylation is 1. The summed E-state index contributed by atoms with van der Waals surface area (Å²) in [7, 11) is -3.47. The molecular formula is C12H18Cl2N2O2S. The van der Waals surface area contributed by atoms with E-state index in [-0.39, 0.29) is 23.3 Å². The van der Waals surface area contributed by atoms with E-state index in [9.17, 15) is 8.42 Å². The lowest BCUT2D eigenvalue weighted by atomic mass is 10.2. The Bertz CT molecular complexity index is 549. The number of rotatable bonds is 3. The van der Waals surface area contributed by atoms with Gasteiger partial charge in [-0.25, -0.2) is 8.42 Å². The number of halogens is 2. The van der Waals surface area contributed by atoms with Crippen LogP contribution in [0.2, 0.25) is 5.02 Å². The summed E-state index contributed by atoms with van der Waals surface area (Å²) in [5.74, 6) is 0. The highest BCUT2D eigenvalue weighted by Crippen LogP contribution is 2.27. The first-order valence-electron chi connectivity index (χ1n) is 5.95. The van der Waals surface area contributed by atoms with Crippen LogP contribution in [0.5, 0.6) is 0 Å². The Kier molecular flexibility index (Phi) is 5.65. The molecule has 7 heteroatoms. The number of nitrogens with two attached hydrogens (primary N) is 1. The molecule has 1 heterocycles. The highest BCUT2D eigenvalue weighted by Gasteiger charge is 2.34. The summed E-state index contributed by atoms with van der Waals surface area (Å²) < 4.78 is 26.5. The van der Waals surface area contributed by atoms with E-state index >= 15 is 0 Å². The van der Waals surface area contributed by atoms with Crippen LogP contribution in [-0.2, 0) is 10.0 Å². The van der Waals surface area contributed by atoms with Crippen molar-refractivity contribution < 1.29 is 8.42 Å². The van der Waals surface area contributed by atoms with E-state index < -0.39 is 10.0 Å². The van der Waals surface area contributed by atoms with E-state index in [4.69, 9.17) is 17.3 Å².